The minimum absolute atomic E-state index is 0.152. The fraction of sp³-hybridized carbons (Fsp3) is 0.500. The van der Waals surface area contributed by atoms with E-state index in [0.717, 1.165) is 22.2 Å². The number of hydrogen-bond acceptors (Lipinski definition) is 2. The highest BCUT2D eigenvalue weighted by molar-refractivity contribution is 9.10. The van der Waals surface area contributed by atoms with Crippen LogP contribution < -0.4 is 5.32 Å². The van der Waals surface area contributed by atoms with Crippen molar-refractivity contribution in [1.82, 2.24) is 5.32 Å². The van der Waals surface area contributed by atoms with E-state index in [0.29, 0.717) is 12.6 Å². The lowest BCUT2D eigenvalue weighted by Crippen LogP contribution is -2.30. The number of hydrogen-bond donors (Lipinski definition) is 1. The molecular formula is C12H17BrFNS. The van der Waals surface area contributed by atoms with Crippen molar-refractivity contribution in [2.75, 3.05) is 12.0 Å². The molecule has 16 heavy (non-hydrogen) atoms. The maximum Gasteiger partial charge on any atom is 0.128 e. The highest BCUT2D eigenvalue weighted by atomic mass is 79.9. The maximum absolute atomic E-state index is 13.5. The predicted octanol–water partition coefficient (Wildman–Crippen LogP) is 3.82. The highest BCUT2D eigenvalue weighted by Gasteiger charge is 2.07. The lowest BCUT2D eigenvalue weighted by atomic mass is 10.2. The standard InChI is InChI=1S/C12H17BrFNS/c1-3-11(8-16-2)15-7-9-4-5-10(13)6-12(9)14/h4-6,11,15H,3,7-8H2,1-2H3. The molecule has 1 aromatic carbocycles. The molecule has 0 fully saturated rings. The quantitative estimate of drug-likeness (QED) is 0.857. The van der Waals surface area contributed by atoms with Gasteiger partial charge < -0.3 is 5.32 Å². The summed E-state index contributed by atoms with van der Waals surface area (Å²) in [7, 11) is 0. The van der Waals surface area contributed by atoms with Gasteiger partial charge in [-0.25, -0.2) is 4.39 Å². The van der Waals surface area contributed by atoms with Crippen molar-refractivity contribution in [2.24, 2.45) is 0 Å². The molecule has 1 unspecified atom stereocenters. The molecule has 1 nitrogen and oxygen atoms in total. The summed E-state index contributed by atoms with van der Waals surface area (Å²) < 4.78 is 14.3. The third kappa shape index (κ3) is 4.44. The first-order valence-corrected chi connectivity index (χ1v) is 7.52. The Morgan fingerprint density at radius 2 is 2.25 bits per heavy atom. The SMILES string of the molecule is CCC(CSC)NCc1ccc(Br)cc1F. The molecule has 90 valence electrons. The molecule has 0 aliphatic rings. The molecule has 1 atom stereocenters. The van der Waals surface area contributed by atoms with E-state index in [1.54, 1.807) is 0 Å². The third-order valence-corrected chi connectivity index (χ3v) is 3.69. The number of benzene rings is 1. The average Bonchev–Trinajstić information content (AvgIpc) is 2.26. The molecular weight excluding hydrogens is 289 g/mol. The Morgan fingerprint density at radius 3 is 2.81 bits per heavy atom. The fourth-order valence-electron chi connectivity index (χ4n) is 1.44. The van der Waals surface area contributed by atoms with Gasteiger partial charge in [0, 0.05) is 28.4 Å². The van der Waals surface area contributed by atoms with Crippen molar-refractivity contribution >= 4 is 27.7 Å². The molecule has 0 amide bonds. The van der Waals surface area contributed by atoms with Crippen molar-refractivity contribution in [3.05, 3.63) is 34.1 Å². The topological polar surface area (TPSA) is 12.0 Å². The lowest BCUT2D eigenvalue weighted by Gasteiger charge is -2.15. The monoisotopic (exact) mass is 305 g/mol. The molecule has 0 saturated heterocycles. The zero-order valence-electron chi connectivity index (χ0n) is 9.59. The van der Waals surface area contributed by atoms with Crippen LogP contribution in [0.3, 0.4) is 0 Å². The third-order valence-electron chi connectivity index (χ3n) is 2.46. The first kappa shape index (κ1) is 14.0. The van der Waals surface area contributed by atoms with Crippen molar-refractivity contribution in [3.63, 3.8) is 0 Å². The zero-order valence-corrected chi connectivity index (χ0v) is 12.0. The van der Waals surface area contributed by atoms with Gasteiger partial charge in [-0.2, -0.15) is 11.8 Å². The Hall–Kier alpha value is -0.0600. The summed E-state index contributed by atoms with van der Waals surface area (Å²) in [6, 6.07) is 5.65. The molecule has 4 heteroatoms. The van der Waals surface area contributed by atoms with Crippen LogP contribution >= 0.6 is 27.7 Å². The summed E-state index contributed by atoms with van der Waals surface area (Å²) in [5.41, 5.74) is 0.725. The van der Waals surface area contributed by atoms with E-state index in [-0.39, 0.29) is 5.82 Å². The van der Waals surface area contributed by atoms with Crippen molar-refractivity contribution in [3.8, 4) is 0 Å². The Bertz CT molecular complexity index is 333. The Kier molecular flexibility index (Phi) is 6.39. The summed E-state index contributed by atoms with van der Waals surface area (Å²) >= 11 is 5.06. The summed E-state index contributed by atoms with van der Waals surface area (Å²) in [4.78, 5) is 0. The van der Waals surface area contributed by atoms with Crippen molar-refractivity contribution in [1.29, 1.82) is 0 Å². The number of halogens is 2. The van der Waals surface area contributed by atoms with Gasteiger partial charge in [-0.15, -0.1) is 0 Å². The lowest BCUT2D eigenvalue weighted by molar-refractivity contribution is 0.522. The molecule has 0 saturated carbocycles. The average molecular weight is 306 g/mol. The van der Waals surface area contributed by atoms with Gasteiger partial charge in [0.25, 0.3) is 0 Å². The van der Waals surface area contributed by atoms with E-state index in [4.69, 9.17) is 0 Å². The van der Waals surface area contributed by atoms with Gasteiger partial charge in [-0.05, 0) is 24.8 Å². The number of thioether (sulfide) groups is 1. The molecule has 1 aromatic rings. The molecule has 0 radical (unpaired) electrons. The van der Waals surface area contributed by atoms with Crippen LogP contribution in [0.25, 0.3) is 0 Å². The van der Waals surface area contributed by atoms with E-state index >= 15 is 0 Å². The largest absolute Gasteiger partial charge is 0.309 e. The van der Waals surface area contributed by atoms with E-state index in [1.807, 2.05) is 23.9 Å². The first-order valence-electron chi connectivity index (χ1n) is 5.33. The normalized spacial score (nSPS) is 12.8. The van der Waals surface area contributed by atoms with Crippen LogP contribution in [-0.2, 0) is 6.54 Å². The first-order chi connectivity index (χ1) is 7.67. The summed E-state index contributed by atoms with van der Waals surface area (Å²) in [5.74, 6) is 0.912. The van der Waals surface area contributed by atoms with Gasteiger partial charge in [0.2, 0.25) is 0 Å². The smallest absolute Gasteiger partial charge is 0.128 e. The molecule has 1 rings (SSSR count). The van der Waals surface area contributed by atoms with Crippen LogP contribution in [0.5, 0.6) is 0 Å². The van der Waals surface area contributed by atoms with Gasteiger partial charge in [-0.3, -0.25) is 0 Å². The van der Waals surface area contributed by atoms with Crippen LogP contribution in [0.1, 0.15) is 18.9 Å². The number of nitrogens with one attached hydrogen (secondary N) is 1. The van der Waals surface area contributed by atoms with Crippen LogP contribution in [0.2, 0.25) is 0 Å². The Labute approximate surface area is 109 Å². The Balaban J connectivity index is 2.53. The fourth-order valence-corrected chi connectivity index (χ4v) is 2.53. The van der Waals surface area contributed by atoms with Gasteiger partial charge >= 0.3 is 0 Å². The minimum atomic E-state index is -0.152. The van der Waals surface area contributed by atoms with Crippen LogP contribution in [0.15, 0.2) is 22.7 Å². The molecule has 0 aromatic heterocycles. The second kappa shape index (κ2) is 7.30. The summed E-state index contributed by atoms with van der Waals surface area (Å²) in [6.45, 7) is 2.74. The minimum Gasteiger partial charge on any atom is -0.309 e. The molecule has 0 spiro atoms. The van der Waals surface area contributed by atoms with E-state index in [1.165, 1.54) is 6.07 Å². The van der Waals surface area contributed by atoms with Crippen molar-refractivity contribution in [2.45, 2.75) is 25.9 Å². The van der Waals surface area contributed by atoms with Crippen LogP contribution in [0.4, 0.5) is 4.39 Å². The predicted molar refractivity (Wildman–Crippen MR) is 73.4 cm³/mol. The van der Waals surface area contributed by atoms with Gasteiger partial charge in [-0.1, -0.05) is 28.9 Å². The molecule has 0 aliphatic carbocycles. The maximum atomic E-state index is 13.5. The van der Waals surface area contributed by atoms with Crippen LogP contribution in [-0.4, -0.2) is 18.1 Å². The molecule has 0 aliphatic heterocycles. The second-order valence-corrected chi connectivity index (χ2v) is 5.50. The summed E-state index contributed by atoms with van der Waals surface area (Å²) in [6.07, 6.45) is 3.16. The van der Waals surface area contributed by atoms with E-state index < -0.39 is 0 Å². The Morgan fingerprint density at radius 1 is 1.50 bits per heavy atom. The van der Waals surface area contributed by atoms with Gasteiger partial charge in [0.05, 0.1) is 0 Å². The molecule has 1 N–H and O–H groups in total. The second-order valence-electron chi connectivity index (χ2n) is 3.68. The zero-order chi connectivity index (χ0) is 12.0. The molecule has 0 bridgehead atoms. The van der Waals surface area contributed by atoms with E-state index in [2.05, 4.69) is 34.4 Å². The summed E-state index contributed by atoms with van der Waals surface area (Å²) in [5, 5.41) is 3.37. The van der Waals surface area contributed by atoms with E-state index in [9.17, 15) is 4.39 Å². The van der Waals surface area contributed by atoms with Gasteiger partial charge in [0.1, 0.15) is 5.82 Å². The van der Waals surface area contributed by atoms with Crippen LogP contribution in [0, 0.1) is 5.82 Å². The number of rotatable bonds is 6. The molecule has 0 heterocycles. The van der Waals surface area contributed by atoms with Gasteiger partial charge in [0.15, 0.2) is 0 Å². The highest BCUT2D eigenvalue weighted by Crippen LogP contribution is 2.15. The van der Waals surface area contributed by atoms with Crippen molar-refractivity contribution < 1.29 is 4.39 Å².